The second-order valence-corrected chi connectivity index (χ2v) is 9.77. The van der Waals surface area contributed by atoms with Crippen LogP contribution >= 0.6 is 0 Å². The molecule has 2 aromatic carbocycles. The van der Waals surface area contributed by atoms with E-state index in [1.165, 1.54) is 16.3 Å². The molecule has 2 N–H and O–H groups in total. The number of hydrogen-bond acceptors (Lipinski definition) is 4. The zero-order valence-electron chi connectivity index (χ0n) is 20.3. The number of aromatic amines is 1. The summed E-state index contributed by atoms with van der Waals surface area (Å²) in [5.74, 6) is -3.04. The minimum Gasteiger partial charge on any atom is -0.390 e. The van der Waals surface area contributed by atoms with Gasteiger partial charge in [-0.05, 0) is 37.6 Å². The molecular weight excluding hydrogens is 448 g/mol. The summed E-state index contributed by atoms with van der Waals surface area (Å²) in [7, 11) is 0. The second kappa shape index (κ2) is 9.68. The number of aliphatic hydroxyl groups excluding tert-OH is 1. The first-order valence-corrected chi connectivity index (χ1v) is 12.3. The number of fused-ring (bicyclic) bond motifs is 4. The smallest absolute Gasteiger partial charge is 0.283 e. The first-order valence-electron chi connectivity index (χ1n) is 12.3. The molecule has 1 atom stereocenters. The van der Waals surface area contributed by atoms with Gasteiger partial charge >= 0.3 is 0 Å². The van der Waals surface area contributed by atoms with Crippen LogP contribution in [0.1, 0.15) is 31.1 Å². The third kappa shape index (κ3) is 4.96. The van der Waals surface area contributed by atoms with Crippen molar-refractivity contribution in [2.75, 3.05) is 32.8 Å². The molecule has 1 unspecified atom stereocenters. The lowest BCUT2D eigenvalue weighted by Gasteiger charge is -2.38. The molecule has 6 rings (SSSR count). The van der Waals surface area contributed by atoms with Crippen LogP contribution in [-0.2, 0) is 13.0 Å². The van der Waals surface area contributed by atoms with Gasteiger partial charge in [-0.25, -0.2) is 8.78 Å². The van der Waals surface area contributed by atoms with Gasteiger partial charge in [0.2, 0.25) is 0 Å². The maximum atomic E-state index is 13.4. The molecule has 2 aliphatic heterocycles. The lowest BCUT2D eigenvalue weighted by Crippen LogP contribution is -2.47. The SMILES string of the molecule is CC1Cc2c([nH]c3ccccc23)CN1CC(F)(F)CO.CCN1CC(n2cc3ccccc3n2)C1. The van der Waals surface area contributed by atoms with Crippen LogP contribution in [0.25, 0.3) is 21.8 Å². The van der Waals surface area contributed by atoms with E-state index in [9.17, 15) is 8.78 Å². The third-order valence-corrected chi connectivity index (χ3v) is 7.24. The predicted molar refractivity (Wildman–Crippen MR) is 135 cm³/mol. The van der Waals surface area contributed by atoms with Gasteiger partial charge in [-0.15, -0.1) is 0 Å². The highest BCUT2D eigenvalue weighted by Crippen LogP contribution is 2.31. The van der Waals surface area contributed by atoms with E-state index < -0.39 is 19.1 Å². The summed E-state index contributed by atoms with van der Waals surface area (Å²) in [6.07, 6.45) is 2.91. The standard InChI is InChI=1S/C15H18F2N2O.C12H15N3/c1-10-6-12-11-4-2-3-5-13(11)18-14(12)7-19(10)8-15(16,17)9-20;1-2-14-8-11(9-14)15-7-10-5-3-4-6-12(10)13-15/h2-5,10,18,20H,6-9H2,1H3;3-7,11H,2,8-9H2,1H3. The monoisotopic (exact) mass is 481 g/mol. The number of likely N-dealkylation sites (tertiary alicyclic amines) is 1. The highest BCUT2D eigenvalue weighted by molar-refractivity contribution is 5.85. The van der Waals surface area contributed by atoms with Crippen molar-refractivity contribution in [2.45, 2.75) is 44.8 Å². The Hall–Kier alpha value is -2.81. The van der Waals surface area contributed by atoms with Gasteiger partial charge in [0.1, 0.15) is 6.61 Å². The van der Waals surface area contributed by atoms with Crippen molar-refractivity contribution in [3.8, 4) is 0 Å². The largest absolute Gasteiger partial charge is 0.390 e. The lowest BCUT2D eigenvalue weighted by atomic mass is 9.97. The average molecular weight is 482 g/mol. The Kier molecular flexibility index (Phi) is 6.61. The van der Waals surface area contributed by atoms with Crippen LogP contribution in [0.4, 0.5) is 8.78 Å². The van der Waals surface area contributed by atoms with Crippen LogP contribution < -0.4 is 0 Å². The van der Waals surface area contributed by atoms with Crippen molar-refractivity contribution < 1.29 is 13.9 Å². The predicted octanol–water partition coefficient (Wildman–Crippen LogP) is 4.46. The first kappa shape index (κ1) is 23.9. The Bertz CT molecular complexity index is 1260. The summed E-state index contributed by atoms with van der Waals surface area (Å²) in [6.45, 7) is 6.57. The van der Waals surface area contributed by atoms with Gasteiger partial charge in [-0.2, -0.15) is 5.10 Å². The summed E-state index contributed by atoms with van der Waals surface area (Å²) in [5.41, 5.74) is 4.41. The fourth-order valence-corrected chi connectivity index (χ4v) is 5.10. The number of nitrogens with one attached hydrogen (secondary N) is 1. The number of aliphatic hydroxyl groups is 1. The van der Waals surface area contributed by atoms with E-state index in [0.717, 1.165) is 42.8 Å². The first-order chi connectivity index (χ1) is 16.9. The minimum atomic E-state index is -3.04. The third-order valence-electron chi connectivity index (χ3n) is 7.24. The maximum Gasteiger partial charge on any atom is 0.283 e. The molecule has 2 aromatic heterocycles. The van der Waals surface area contributed by atoms with E-state index in [4.69, 9.17) is 5.11 Å². The number of likely N-dealkylation sites (N-methyl/N-ethyl adjacent to an activating group) is 1. The molecule has 2 aliphatic rings. The molecule has 35 heavy (non-hydrogen) atoms. The molecule has 6 nitrogen and oxygen atoms in total. The number of hydrogen-bond donors (Lipinski definition) is 2. The minimum absolute atomic E-state index is 0.0409. The molecule has 0 bridgehead atoms. The fourth-order valence-electron chi connectivity index (χ4n) is 5.10. The molecule has 0 aliphatic carbocycles. The number of para-hydroxylation sites is 1. The van der Waals surface area contributed by atoms with E-state index in [0.29, 0.717) is 12.6 Å². The van der Waals surface area contributed by atoms with Crippen molar-refractivity contribution in [3.05, 3.63) is 66.0 Å². The van der Waals surface area contributed by atoms with Gasteiger partial charge in [0.05, 0.1) is 18.1 Å². The summed E-state index contributed by atoms with van der Waals surface area (Å²) >= 11 is 0. The molecule has 0 amide bonds. The number of H-pyrrole nitrogens is 1. The van der Waals surface area contributed by atoms with E-state index >= 15 is 0 Å². The van der Waals surface area contributed by atoms with E-state index in [1.54, 1.807) is 4.90 Å². The van der Waals surface area contributed by atoms with Gasteiger partial charge < -0.3 is 10.1 Å². The maximum absolute atomic E-state index is 13.4. The van der Waals surface area contributed by atoms with Crippen molar-refractivity contribution in [2.24, 2.45) is 0 Å². The summed E-state index contributed by atoms with van der Waals surface area (Å²) in [4.78, 5) is 7.48. The molecule has 0 radical (unpaired) electrons. The number of alkyl halides is 2. The van der Waals surface area contributed by atoms with Crippen molar-refractivity contribution in [1.82, 2.24) is 24.6 Å². The number of nitrogens with zero attached hydrogens (tertiary/aromatic N) is 4. The summed E-state index contributed by atoms with van der Waals surface area (Å²) in [6, 6.07) is 16.9. The zero-order valence-corrected chi connectivity index (χ0v) is 20.3. The number of halogens is 2. The van der Waals surface area contributed by atoms with Gasteiger partial charge in [0, 0.05) is 53.9 Å². The van der Waals surface area contributed by atoms with E-state index in [2.05, 4.69) is 57.1 Å². The van der Waals surface area contributed by atoms with Crippen LogP contribution in [0.3, 0.4) is 0 Å². The van der Waals surface area contributed by atoms with Crippen LogP contribution in [0.15, 0.2) is 54.7 Å². The molecule has 0 saturated carbocycles. The number of aromatic nitrogens is 3. The highest BCUT2D eigenvalue weighted by atomic mass is 19.3. The molecular formula is C27H33F2N5O. The normalized spacial score (nSPS) is 19.4. The molecule has 1 fully saturated rings. The molecule has 1 saturated heterocycles. The Balaban J connectivity index is 0.000000151. The molecule has 186 valence electrons. The quantitative estimate of drug-likeness (QED) is 0.442. The highest BCUT2D eigenvalue weighted by Gasteiger charge is 2.35. The molecule has 4 aromatic rings. The van der Waals surface area contributed by atoms with E-state index in [-0.39, 0.29) is 6.04 Å². The summed E-state index contributed by atoms with van der Waals surface area (Å²) in [5, 5.41) is 15.8. The van der Waals surface area contributed by atoms with Crippen molar-refractivity contribution >= 4 is 21.8 Å². The molecule has 0 spiro atoms. The average Bonchev–Trinajstić information content (AvgIpc) is 3.40. The Morgan fingerprint density at radius 1 is 1.11 bits per heavy atom. The zero-order chi connectivity index (χ0) is 24.6. The van der Waals surface area contributed by atoms with Crippen molar-refractivity contribution in [3.63, 3.8) is 0 Å². The van der Waals surface area contributed by atoms with Gasteiger partial charge in [0.15, 0.2) is 0 Å². The number of benzene rings is 2. The number of rotatable bonds is 5. The summed E-state index contributed by atoms with van der Waals surface area (Å²) < 4.78 is 28.9. The molecule has 4 heterocycles. The van der Waals surface area contributed by atoms with Gasteiger partial charge in [-0.3, -0.25) is 14.5 Å². The molecule has 8 heteroatoms. The second-order valence-electron chi connectivity index (χ2n) is 9.77. The van der Waals surface area contributed by atoms with Gasteiger partial charge in [-0.1, -0.05) is 43.3 Å². The Labute approximate surface area is 204 Å². The Morgan fingerprint density at radius 2 is 1.86 bits per heavy atom. The topological polar surface area (TPSA) is 60.3 Å². The lowest BCUT2D eigenvalue weighted by molar-refractivity contribution is -0.0819. The Morgan fingerprint density at radius 3 is 2.60 bits per heavy atom. The van der Waals surface area contributed by atoms with Crippen LogP contribution in [0.5, 0.6) is 0 Å². The van der Waals surface area contributed by atoms with E-state index in [1.807, 2.05) is 31.2 Å². The van der Waals surface area contributed by atoms with Gasteiger partial charge in [0.25, 0.3) is 5.92 Å². The van der Waals surface area contributed by atoms with Crippen molar-refractivity contribution in [1.29, 1.82) is 0 Å². The van der Waals surface area contributed by atoms with Crippen LogP contribution in [0, 0.1) is 0 Å². The fraction of sp³-hybridized carbons (Fsp3) is 0.444. The van der Waals surface area contributed by atoms with Crippen LogP contribution in [-0.4, -0.2) is 74.4 Å². The van der Waals surface area contributed by atoms with Crippen LogP contribution in [0.2, 0.25) is 0 Å².